The van der Waals surface area contributed by atoms with Crippen LogP contribution < -0.4 is 10.1 Å². The fourth-order valence-electron chi connectivity index (χ4n) is 1.93. The van der Waals surface area contributed by atoms with E-state index in [2.05, 4.69) is 5.32 Å². The highest BCUT2D eigenvalue weighted by Crippen LogP contribution is 2.27. The quantitative estimate of drug-likeness (QED) is 0.307. The lowest BCUT2D eigenvalue weighted by molar-refractivity contribution is -0.384. The maximum absolute atomic E-state index is 11.8. The molecule has 0 aromatic heterocycles. The van der Waals surface area contributed by atoms with E-state index in [9.17, 15) is 19.7 Å². The summed E-state index contributed by atoms with van der Waals surface area (Å²) in [6.07, 6.45) is 0. The number of thioether (sulfide) groups is 1. The Morgan fingerprint density at radius 3 is 2.56 bits per heavy atom. The molecule has 2 aromatic rings. The van der Waals surface area contributed by atoms with Gasteiger partial charge in [-0.1, -0.05) is 11.6 Å². The lowest BCUT2D eigenvalue weighted by Gasteiger charge is -2.07. The maximum atomic E-state index is 11.8. The number of hydrogen-bond donors (Lipinski definition) is 1. The van der Waals surface area contributed by atoms with Crippen molar-refractivity contribution in [1.82, 2.24) is 0 Å². The number of nitrogens with one attached hydrogen (secondary N) is 1. The SMILES string of the molecule is COc1ccc(SCC(=O)OCC(=O)Nc2ccc(Cl)c([N+](=O)[O-])c2)cc1. The van der Waals surface area contributed by atoms with Crippen molar-refractivity contribution in [3.8, 4) is 5.75 Å². The zero-order valence-electron chi connectivity index (χ0n) is 14.1. The number of nitrogens with zero attached hydrogens (tertiary/aromatic N) is 1. The van der Waals surface area contributed by atoms with Crippen LogP contribution in [0.25, 0.3) is 0 Å². The van der Waals surface area contributed by atoms with E-state index in [0.29, 0.717) is 5.75 Å². The van der Waals surface area contributed by atoms with Crippen LogP contribution in [0.1, 0.15) is 0 Å². The molecule has 0 radical (unpaired) electrons. The van der Waals surface area contributed by atoms with Gasteiger partial charge >= 0.3 is 5.97 Å². The summed E-state index contributed by atoms with van der Waals surface area (Å²) in [5, 5.41) is 13.2. The second kappa shape index (κ2) is 9.79. The predicted octanol–water partition coefficient (Wildman–Crippen LogP) is 3.53. The van der Waals surface area contributed by atoms with Gasteiger partial charge in [-0.25, -0.2) is 0 Å². The third kappa shape index (κ3) is 6.46. The van der Waals surface area contributed by atoms with Crippen LogP contribution in [0.15, 0.2) is 47.4 Å². The Hall–Kier alpha value is -2.78. The largest absolute Gasteiger partial charge is 0.497 e. The Bertz CT molecular complexity index is 844. The molecule has 1 N–H and O–H groups in total. The predicted molar refractivity (Wildman–Crippen MR) is 101 cm³/mol. The fraction of sp³-hybridized carbons (Fsp3) is 0.176. The Labute approximate surface area is 163 Å². The molecule has 0 saturated heterocycles. The van der Waals surface area contributed by atoms with Crippen LogP contribution >= 0.6 is 23.4 Å². The minimum atomic E-state index is -0.658. The van der Waals surface area contributed by atoms with Gasteiger partial charge in [-0.15, -0.1) is 11.8 Å². The number of hydrogen-bond acceptors (Lipinski definition) is 7. The molecule has 0 aliphatic carbocycles. The van der Waals surface area contributed by atoms with E-state index in [1.807, 2.05) is 0 Å². The number of nitro benzene ring substituents is 1. The highest BCUT2D eigenvalue weighted by molar-refractivity contribution is 8.00. The van der Waals surface area contributed by atoms with Crippen molar-refractivity contribution < 1.29 is 24.0 Å². The Balaban J connectivity index is 1.78. The summed E-state index contributed by atoms with van der Waals surface area (Å²) in [6, 6.07) is 11.0. The topological polar surface area (TPSA) is 108 Å². The Morgan fingerprint density at radius 1 is 1.22 bits per heavy atom. The summed E-state index contributed by atoms with van der Waals surface area (Å²) in [4.78, 5) is 34.6. The molecule has 0 spiro atoms. The van der Waals surface area contributed by atoms with Crippen LogP contribution in [-0.2, 0) is 14.3 Å². The third-order valence-corrected chi connectivity index (χ3v) is 4.51. The number of nitro groups is 1. The lowest BCUT2D eigenvalue weighted by Crippen LogP contribution is -2.21. The average Bonchev–Trinajstić information content (AvgIpc) is 2.66. The van der Waals surface area contributed by atoms with Crippen LogP contribution in [0.2, 0.25) is 5.02 Å². The van der Waals surface area contributed by atoms with Crippen molar-refractivity contribution in [3.63, 3.8) is 0 Å². The number of methoxy groups -OCH3 is 1. The normalized spacial score (nSPS) is 10.1. The van der Waals surface area contributed by atoms with Gasteiger partial charge in [-0.05, 0) is 36.4 Å². The van der Waals surface area contributed by atoms with Gasteiger partial charge < -0.3 is 14.8 Å². The van der Waals surface area contributed by atoms with Crippen molar-refractivity contribution >= 4 is 46.6 Å². The number of benzene rings is 2. The minimum absolute atomic E-state index is 0.0338. The molecule has 142 valence electrons. The van der Waals surface area contributed by atoms with E-state index in [0.717, 1.165) is 11.0 Å². The molecule has 0 heterocycles. The second-order valence-electron chi connectivity index (χ2n) is 5.10. The summed E-state index contributed by atoms with van der Waals surface area (Å²) < 4.78 is 9.93. The molecular weight excluding hydrogens is 396 g/mol. The highest BCUT2D eigenvalue weighted by Gasteiger charge is 2.14. The second-order valence-corrected chi connectivity index (χ2v) is 6.55. The summed E-state index contributed by atoms with van der Waals surface area (Å²) in [5.41, 5.74) is -0.151. The van der Waals surface area contributed by atoms with Gasteiger partial charge in [0, 0.05) is 16.6 Å². The molecule has 0 saturated carbocycles. The number of carbonyl (C=O) groups excluding carboxylic acids is 2. The van der Waals surface area contributed by atoms with Crippen LogP contribution in [0.5, 0.6) is 5.75 Å². The number of ether oxygens (including phenoxy) is 2. The van der Waals surface area contributed by atoms with Crippen LogP contribution in [0.3, 0.4) is 0 Å². The Kier molecular flexibility index (Phi) is 7.44. The molecule has 0 unspecified atom stereocenters. The molecule has 0 atom stereocenters. The van der Waals surface area contributed by atoms with E-state index in [1.165, 1.54) is 23.9 Å². The molecule has 0 fully saturated rings. The Morgan fingerprint density at radius 2 is 1.93 bits per heavy atom. The van der Waals surface area contributed by atoms with Crippen LogP contribution in [0.4, 0.5) is 11.4 Å². The summed E-state index contributed by atoms with van der Waals surface area (Å²) in [5.74, 6) is -0.435. The average molecular weight is 411 g/mol. The number of esters is 1. The van der Waals surface area contributed by atoms with Crippen LogP contribution in [-0.4, -0.2) is 36.3 Å². The first kappa shape index (κ1) is 20.5. The van der Waals surface area contributed by atoms with Crippen molar-refractivity contribution in [2.24, 2.45) is 0 Å². The highest BCUT2D eigenvalue weighted by atomic mass is 35.5. The van der Waals surface area contributed by atoms with Gasteiger partial charge in [0.2, 0.25) is 0 Å². The van der Waals surface area contributed by atoms with Gasteiger partial charge in [-0.2, -0.15) is 0 Å². The molecule has 8 nitrogen and oxygen atoms in total. The van der Waals surface area contributed by atoms with Gasteiger partial charge in [0.1, 0.15) is 10.8 Å². The van der Waals surface area contributed by atoms with Crippen molar-refractivity contribution in [1.29, 1.82) is 0 Å². The van der Waals surface area contributed by atoms with Crippen molar-refractivity contribution in [2.45, 2.75) is 4.90 Å². The maximum Gasteiger partial charge on any atom is 0.316 e. The standard InChI is InChI=1S/C17H15ClN2O6S/c1-25-12-3-5-13(6-4-12)27-10-17(22)26-9-16(21)19-11-2-7-14(18)15(8-11)20(23)24/h2-8H,9-10H2,1H3,(H,19,21). The monoisotopic (exact) mass is 410 g/mol. The van der Waals surface area contributed by atoms with Gasteiger partial charge in [0.05, 0.1) is 17.8 Å². The molecule has 0 aliphatic heterocycles. The third-order valence-electron chi connectivity index (χ3n) is 3.21. The van der Waals surface area contributed by atoms with E-state index in [1.54, 1.807) is 31.4 Å². The summed E-state index contributed by atoms with van der Waals surface area (Å²) >= 11 is 6.96. The first-order valence-corrected chi connectivity index (χ1v) is 8.91. The zero-order valence-corrected chi connectivity index (χ0v) is 15.7. The number of rotatable bonds is 8. The molecule has 10 heteroatoms. The molecule has 1 amide bonds. The zero-order chi connectivity index (χ0) is 19.8. The van der Waals surface area contributed by atoms with E-state index in [-0.39, 0.29) is 22.2 Å². The van der Waals surface area contributed by atoms with Crippen molar-refractivity contribution in [3.05, 3.63) is 57.6 Å². The first-order valence-electron chi connectivity index (χ1n) is 7.55. The van der Waals surface area contributed by atoms with E-state index < -0.39 is 23.4 Å². The van der Waals surface area contributed by atoms with E-state index >= 15 is 0 Å². The van der Waals surface area contributed by atoms with E-state index in [4.69, 9.17) is 21.1 Å². The number of halogens is 1. The molecule has 0 bridgehead atoms. The van der Waals surface area contributed by atoms with Crippen molar-refractivity contribution in [2.75, 3.05) is 24.8 Å². The fourth-order valence-corrected chi connectivity index (χ4v) is 2.81. The lowest BCUT2D eigenvalue weighted by atomic mass is 10.3. The van der Waals surface area contributed by atoms with Gasteiger partial charge in [0.25, 0.3) is 11.6 Å². The number of anilines is 1. The first-order chi connectivity index (χ1) is 12.9. The molecule has 2 aromatic carbocycles. The molecule has 2 rings (SSSR count). The summed E-state index contributed by atoms with van der Waals surface area (Å²) in [6.45, 7) is -0.502. The number of carbonyl (C=O) groups is 2. The summed E-state index contributed by atoms with van der Waals surface area (Å²) in [7, 11) is 1.56. The van der Waals surface area contributed by atoms with Gasteiger partial charge in [0.15, 0.2) is 6.61 Å². The molecular formula is C17H15ClN2O6S. The molecule has 27 heavy (non-hydrogen) atoms. The minimum Gasteiger partial charge on any atom is -0.497 e. The smallest absolute Gasteiger partial charge is 0.316 e. The van der Waals surface area contributed by atoms with Gasteiger partial charge in [-0.3, -0.25) is 19.7 Å². The van der Waals surface area contributed by atoms with Crippen LogP contribution in [0, 0.1) is 10.1 Å². The molecule has 0 aliphatic rings. The number of amides is 1.